The summed E-state index contributed by atoms with van der Waals surface area (Å²) < 4.78 is 16.1. The summed E-state index contributed by atoms with van der Waals surface area (Å²) in [6, 6.07) is 9.40. The molecule has 2 unspecified atom stereocenters. The highest BCUT2D eigenvalue weighted by Gasteiger charge is 2.17. The van der Waals surface area contributed by atoms with Crippen LogP contribution in [0.5, 0.6) is 11.5 Å². The lowest BCUT2D eigenvalue weighted by molar-refractivity contribution is 0.166. The van der Waals surface area contributed by atoms with Gasteiger partial charge in [-0.2, -0.15) is 0 Å². The Kier molecular flexibility index (Phi) is 3.86. The van der Waals surface area contributed by atoms with Gasteiger partial charge in [0, 0.05) is 6.54 Å². The summed E-state index contributed by atoms with van der Waals surface area (Å²) in [5.41, 5.74) is 0.801. The molecule has 21 heavy (non-hydrogen) atoms. The van der Waals surface area contributed by atoms with Gasteiger partial charge in [0.1, 0.15) is 11.5 Å². The number of nitrogens with one attached hydrogen (secondary N) is 1. The molecule has 3 rings (SSSR count). The van der Waals surface area contributed by atoms with E-state index in [1.54, 1.807) is 0 Å². The first-order valence-corrected chi connectivity index (χ1v) is 7.01. The van der Waals surface area contributed by atoms with E-state index in [0.29, 0.717) is 12.3 Å². The largest absolute Gasteiger partial charge is 0.465 e. The lowest BCUT2D eigenvalue weighted by Crippen LogP contribution is -2.24. The van der Waals surface area contributed by atoms with Crippen molar-refractivity contribution in [2.45, 2.75) is 26.0 Å². The Morgan fingerprint density at radius 1 is 1.19 bits per heavy atom. The van der Waals surface area contributed by atoms with Crippen LogP contribution in [0.15, 0.2) is 34.7 Å². The zero-order valence-electron chi connectivity index (χ0n) is 12.1. The minimum absolute atomic E-state index is 0.0439. The van der Waals surface area contributed by atoms with E-state index in [9.17, 15) is 5.11 Å². The van der Waals surface area contributed by atoms with E-state index in [-0.39, 0.29) is 12.8 Å². The minimum Gasteiger partial charge on any atom is -0.465 e. The van der Waals surface area contributed by atoms with Crippen molar-refractivity contribution in [2.75, 3.05) is 13.3 Å². The van der Waals surface area contributed by atoms with Gasteiger partial charge in [-0.05, 0) is 43.7 Å². The number of benzene rings is 1. The van der Waals surface area contributed by atoms with Crippen molar-refractivity contribution in [2.24, 2.45) is 0 Å². The number of hydrogen-bond acceptors (Lipinski definition) is 5. The third kappa shape index (κ3) is 3.04. The van der Waals surface area contributed by atoms with Crippen molar-refractivity contribution < 1.29 is 19.0 Å². The molecule has 1 aliphatic heterocycles. The van der Waals surface area contributed by atoms with Gasteiger partial charge in [-0.1, -0.05) is 6.07 Å². The molecule has 0 saturated heterocycles. The normalized spacial score (nSPS) is 16.0. The lowest BCUT2D eigenvalue weighted by atomic mass is 10.1. The summed E-state index contributed by atoms with van der Waals surface area (Å²) >= 11 is 0. The Hall–Kier alpha value is -1.98. The predicted octanol–water partition coefficient (Wildman–Crippen LogP) is 2.70. The molecule has 0 aliphatic carbocycles. The number of hydrogen-bond donors (Lipinski definition) is 2. The average molecular weight is 289 g/mol. The summed E-state index contributed by atoms with van der Waals surface area (Å²) in [5, 5.41) is 13.5. The Labute approximate surface area is 123 Å². The highest BCUT2D eigenvalue weighted by atomic mass is 16.7. The first-order valence-electron chi connectivity index (χ1n) is 7.01. The highest BCUT2D eigenvalue weighted by Crippen LogP contribution is 2.34. The molecule has 112 valence electrons. The van der Waals surface area contributed by atoms with Crippen LogP contribution in [0.4, 0.5) is 0 Å². The fourth-order valence-corrected chi connectivity index (χ4v) is 2.31. The van der Waals surface area contributed by atoms with Gasteiger partial charge in [-0.3, -0.25) is 0 Å². The molecule has 0 bridgehead atoms. The average Bonchev–Trinajstić information content (AvgIpc) is 3.12. The molecule has 2 N–H and O–H groups in total. The second-order valence-corrected chi connectivity index (χ2v) is 5.21. The molecule has 0 spiro atoms. The van der Waals surface area contributed by atoms with Crippen LogP contribution in [0.25, 0.3) is 0 Å². The molecule has 0 amide bonds. The van der Waals surface area contributed by atoms with Crippen LogP contribution in [0, 0.1) is 6.92 Å². The third-order valence-corrected chi connectivity index (χ3v) is 3.59. The van der Waals surface area contributed by atoms with Crippen molar-refractivity contribution in [3.63, 3.8) is 0 Å². The van der Waals surface area contributed by atoms with Gasteiger partial charge in [0.25, 0.3) is 0 Å². The van der Waals surface area contributed by atoms with Gasteiger partial charge in [-0.25, -0.2) is 0 Å². The maximum absolute atomic E-state index is 10.3. The van der Waals surface area contributed by atoms with E-state index in [0.717, 1.165) is 22.8 Å². The lowest BCUT2D eigenvalue weighted by Gasteiger charge is -2.16. The van der Waals surface area contributed by atoms with Gasteiger partial charge < -0.3 is 24.3 Å². The molecular formula is C16H19NO4. The molecule has 5 heteroatoms. The van der Waals surface area contributed by atoms with E-state index in [2.05, 4.69) is 5.32 Å². The third-order valence-electron chi connectivity index (χ3n) is 3.59. The summed E-state index contributed by atoms with van der Waals surface area (Å²) in [6.07, 6.45) is -0.613. The predicted molar refractivity (Wildman–Crippen MR) is 77.4 cm³/mol. The molecule has 0 radical (unpaired) electrons. The molecule has 0 fully saturated rings. The zero-order valence-corrected chi connectivity index (χ0v) is 12.1. The van der Waals surface area contributed by atoms with Crippen LogP contribution in [0.1, 0.15) is 36.2 Å². The topological polar surface area (TPSA) is 63.9 Å². The second-order valence-electron chi connectivity index (χ2n) is 5.21. The van der Waals surface area contributed by atoms with Crippen molar-refractivity contribution >= 4 is 0 Å². The zero-order chi connectivity index (χ0) is 14.8. The number of aliphatic hydroxyl groups is 1. The van der Waals surface area contributed by atoms with Crippen molar-refractivity contribution in [3.8, 4) is 11.5 Å². The van der Waals surface area contributed by atoms with Crippen molar-refractivity contribution in [1.82, 2.24) is 5.32 Å². The number of furan rings is 1. The number of rotatable bonds is 5. The van der Waals surface area contributed by atoms with Crippen LogP contribution in [0.2, 0.25) is 0 Å². The van der Waals surface area contributed by atoms with Crippen LogP contribution in [-0.2, 0) is 0 Å². The molecule has 1 aromatic carbocycles. The highest BCUT2D eigenvalue weighted by molar-refractivity contribution is 5.45. The summed E-state index contributed by atoms with van der Waals surface area (Å²) in [4.78, 5) is 0. The number of aryl methyl sites for hydroxylation is 1. The Balaban J connectivity index is 1.60. The SMILES string of the molecule is Cc1ccc(C(C)NCC(O)c2ccc3c(c2)OCO3)o1. The number of aliphatic hydroxyl groups excluding tert-OH is 1. The summed E-state index contributed by atoms with van der Waals surface area (Å²) in [5.74, 6) is 3.15. The molecule has 1 aromatic heterocycles. The van der Waals surface area contributed by atoms with Gasteiger partial charge >= 0.3 is 0 Å². The van der Waals surface area contributed by atoms with Gasteiger partial charge in [-0.15, -0.1) is 0 Å². The van der Waals surface area contributed by atoms with Gasteiger partial charge in [0.05, 0.1) is 12.1 Å². The molecule has 0 saturated carbocycles. The minimum atomic E-state index is -0.613. The van der Waals surface area contributed by atoms with Crippen LogP contribution < -0.4 is 14.8 Å². The van der Waals surface area contributed by atoms with E-state index in [1.807, 2.05) is 44.2 Å². The van der Waals surface area contributed by atoms with Crippen molar-refractivity contribution in [3.05, 3.63) is 47.4 Å². The quantitative estimate of drug-likeness (QED) is 0.886. The Morgan fingerprint density at radius 3 is 2.76 bits per heavy atom. The smallest absolute Gasteiger partial charge is 0.231 e. The first kappa shape index (κ1) is 14.0. The van der Waals surface area contributed by atoms with Crippen molar-refractivity contribution in [1.29, 1.82) is 0 Å². The summed E-state index contributed by atoms with van der Waals surface area (Å²) in [6.45, 7) is 4.59. The van der Waals surface area contributed by atoms with Crippen LogP contribution in [-0.4, -0.2) is 18.4 Å². The van der Waals surface area contributed by atoms with E-state index >= 15 is 0 Å². The number of ether oxygens (including phenoxy) is 2. The monoisotopic (exact) mass is 289 g/mol. The molecule has 5 nitrogen and oxygen atoms in total. The first-order chi connectivity index (χ1) is 10.1. The Morgan fingerprint density at radius 2 is 2.00 bits per heavy atom. The Bertz CT molecular complexity index is 622. The molecule has 2 aromatic rings. The van der Waals surface area contributed by atoms with Crippen LogP contribution in [0.3, 0.4) is 0 Å². The summed E-state index contributed by atoms with van der Waals surface area (Å²) in [7, 11) is 0. The molecule has 1 aliphatic rings. The van der Waals surface area contributed by atoms with Crippen LogP contribution >= 0.6 is 0 Å². The van der Waals surface area contributed by atoms with Gasteiger partial charge in [0.15, 0.2) is 11.5 Å². The fraction of sp³-hybridized carbons (Fsp3) is 0.375. The van der Waals surface area contributed by atoms with Gasteiger partial charge in [0.2, 0.25) is 6.79 Å². The fourth-order valence-electron chi connectivity index (χ4n) is 2.31. The molecular weight excluding hydrogens is 270 g/mol. The van der Waals surface area contributed by atoms with E-state index in [4.69, 9.17) is 13.9 Å². The second kappa shape index (κ2) is 5.79. The van der Waals surface area contributed by atoms with E-state index < -0.39 is 6.10 Å². The number of fused-ring (bicyclic) bond motifs is 1. The molecule has 2 atom stereocenters. The maximum Gasteiger partial charge on any atom is 0.231 e. The standard InChI is InChI=1S/C16H19NO4/c1-10-3-5-14(21-10)11(2)17-8-13(18)12-4-6-15-16(7-12)20-9-19-15/h3-7,11,13,17-18H,8-9H2,1-2H3. The maximum atomic E-state index is 10.3. The van der Waals surface area contributed by atoms with E-state index in [1.165, 1.54) is 0 Å². The molecule has 2 heterocycles.